The van der Waals surface area contributed by atoms with Crippen LogP contribution in [0.2, 0.25) is 0 Å². The number of nitro benzene ring substituents is 1. The number of non-ortho nitro benzene ring substituents is 1. The van der Waals surface area contributed by atoms with E-state index in [1.807, 2.05) is 0 Å². The molecule has 0 radical (unpaired) electrons. The van der Waals surface area contributed by atoms with Gasteiger partial charge in [-0.2, -0.15) is 0 Å². The van der Waals surface area contributed by atoms with E-state index in [2.05, 4.69) is 11.9 Å². The average molecular weight is 383 g/mol. The van der Waals surface area contributed by atoms with Gasteiger partial charge in [0.05, 0.1) is 17.6 Å². The van der Waals surface area contributed by atoms with Gasteiger partial charge in [-0.05, 0) is 18.6 Å². The molecule has 1 fully saturated rings. The van der Waals surface area contributed by atoms with E-state index in [0.29, 0.717) is 5.57 Å². The lowest BCUT2D eigenvalue weighted by molar-refractivity contribution is -0.384. The number of nitrogens with one attached hydrogen (secondary N) is 1. The summed E-state index contributed by atoms with van der Waals surface area (Å²) >= 11 is 5.76. The van der Waals surface area contributed by atoms with Crippen molar-refractivity contribution in [3.63, 3.8) is 0 Å². The van der Waals surface area contributed by atoms with Crippen molar-refractivity contribution >= 4 is 29.2 Å². The van der Waals surface area contributed by atoms with Gasteiger partial charge in [0.1, 0.15) is 11.6 Å². The zero-order chi connectivity index (χ0) is 19.3. The third kappa shape index (κ3) is 4.39. The Morgan fingerprint density at radius 1 is 1.42 bits per heavy atom. The van der Waals surface area contributed by atoms with Crippen molar-refractivity contribution in [1.82, 2.24) is 5.32 Å². The molecule has 1 aliphatic heterocycles. The first-order valence-corrected chi connectivity index (χ1v) is 8.36. The maximum Gasteiger partial charge on any atom is 0.338 e. The van der Waals surface area contributed by atoms with E-state index < -0.39 is 28.5 Å². The lowest BCUT2D eigenvalue weighted by Crippen LogP contribution is -2.48. The van der Waals surface area contributed by atoms with Crippen LogP contribution < -0.4 is 5.32 Å². The molecule has 1 N–H and O–H groups in total. The number of rotatable bonds is 7. The normalized spacial score (nSPS) is 21.8. The van der Waals surface area contributed by atoms with Crippen LogP contribution in [0.25, 0.3) is 0 Å². The van der Waals surface area contributed by atoms with Crippen LogP contribution in [0.4, 0.5) is 5.69 Å². The van der Waals surface area contributed by atoms with E-state index >= 15 is 0 Å². The largest absolute Gasteiger partial charge is 0.468 e. The van der Waals surface area contributed by atoms with Gasteiger partial charge in [0, 0.05) is 31.0 Å². The predicted octanol–water partition coefficient (Wildman–Crippen LogP) is 2.21. The van der Waals surface area contributed by atoms with Crippen LogP contribution >= 0.6 is 11.6 Å². The fourth-order valence-electron chi connectivity index (χ4n) is 2.90. The van der Waals surface area contributed by atoms with Gasteiger partial charge in [-0.1, -0.05) is 12.2 Å². The van der Waals surface area contributed by atoms with Gasteiger partial charge in [-0.3, -0.25) is 20.2 Å². The molecule has 0 unspecified atom stereocenters. The molecule has 1 aromatic rings. The van der Waals surface area contributed by atoms with Gasteiger partial charge < -0.3 is 9.47 Å². The van der Waals surface area contributed by atoms with Crippen molar-refractivity contribution < 1.29 is 24.0 Å². The molecule has 9 heteroatoms. The maximum atomic E-state index is 12.2. The van der Waals surface area contributed by atoms with E-state index in [1.165, 1.54) is 31.4 Å². The molecule has 0 amide bonds. The van der Waals surface area contributed by atoms with Crippen molar-refractivity contribution in [2.24, 2.45) is 0 Å². The van der Waals surface area contributed by atoms with Crippen LogP contribution in [-0.4, -0.2) is 48.0 Å². The Morgan fingerprint density at radius 3 is 2.62 bits per heavy atom. The Labute approximate surface area is 155 Å². The highest BCUT2D eigenvalue weighted by molar-refractivity contribution is 6.19. The molecule has 0 aromatic heterocycles. The molecule has 1 aliphatic rings. The van der Waals surface area contributed by atoms with Crippen molar-refractivity contribution in [3.8, 4) is 0 Å². The van der Waals surface area contributed by atoms with Crippen LogP contribution in [-0.2, 0) is 14.3 Å². The number of nitrogens with zero attached hydrogens (tertiary/aromatic N) is 1. The molecule has 0 bridgehead atoms. The van der Waals surface area contributed by atoms with Crippen molar-refractivity contribution in [2.45, 2.75) is 24.5 Å². The number of methoxy groups -OCH3 is 1. The molecule has 0 aliphatic carbocycles. The fourth-order valence-corrected chi connectivity index (χ4v) is 2.99. The predicted molar refractivity (Wildman–Crippen MR) is 94.1 cm³/mol. The summed E-state index contributed by atoms with van der Waals surface area (Å²) in [5, 5.41) is 13.7. The third-order valence-electron chi connectivity index (χ3n) is 4.15. The van der Waals surface area contributed by atoms with Gasteiger partial charge in [0.15, 0.2) is 0 Å². The number of carbonyl (C=O) groups excluding carboxylic acids is 2. The number of carbonyl (C=O) groups is 2. The lowest BCUT2D eigenvalue weighted by Gasteiger charge is -2.26. The van der Waals surface area contributed by atoms with E-state index in [9.17, 15) is 19.7 Å². The number of ether oxygens (including phenoxy) is 2. The molecule has 2 rings (SSSR count). The first kappa shape index (κ1) is 19.9. The van der Waals surface area contributed by atoms with E-state index in [0.717, 1.165) is 0 Å². The monoisotopic (exact) mass is 382 g/mol. The highest BCUT2D eigenvalue weighted by Crippen LogP contribution is 2.30. The smallest absolute Gasteiger partial charge is 0.338 e. The molecule has 0 spiro atoms. The first-order valence-electron chi connectivity index (χ1n) is 7.83. The summed E-state index contributed by atoms with van der Waals surface area (Å²) in [5.41, 5.74) is -0.308. The second kappa shape index (κ2) is 8.29. The zero-order valence-corrected chi connectivity index (χ0v) is 15.0. The number of hydrogen-bond acceptors (Lipinski definition) is 7. The Hall–Kier alpha value is -2.45. The minimum atomic E-state index is -1.04. The molecule has 26 heavy (non-hydrogen) atoms. The van der Waals surface area contributed by atoms with Crippen LogP contribution in [0.1, 0.15) is 23.2 Å². The molecule has 1 saturated heterocycles. The van der Waals surface area contributed by atoms with Crippen LogP contribution in [0.3, 0.4) is 0 Å². The Bertz CT molecular complexity index is 720. The summed E-state index contributed by atoms with van der Waals surface area (Å²) in [6.07, 6.45) is -0.0665. The topological polar surface area (TPSA) is 108 Å². The molecule has 8 nitrogen and oxygen atoms in total. The summed E-state index contributed by atoms with van der Waals surface area (Å²) in [4.78, 5) is 34.6. The minimum absolute atomic E-state index is 0.117. The number of esters is 2. The number of benzene rings is 1. The van der Waals surface area contributed by atoms with E-state index in [-0.39, 0.29) is 36.5 Å². The molecule has 140 valence electrons. The standard InChI is InChI=1S/C17H19ClN2O6/c1-11(9-18)7-17(16(22)25-2)8-14(10-19-17)26-15(21)12-3-5-13(6-4-12)20(23)24/h3-6,14,19H,1,7-10H2,2H3/t14-,17+/m0/s1. The first-order chi connectivity index (χ1) is 12.3. The van der Waals surface area contributed by atoms with E-state index in [4.69, 9.17) is 21.1 Å². The summed E-state index contributed by atoms with van der Waals surface area (Å²) in [6.45, 7) is 4.08. The van der Waals surface area contributed by atoms with Gasteiger partial charge in [0.2, 0.25) is 0 Å². The average Bonchev–Trinajstić information content (AvgIpc) is 3.04. The van der Waals surface area contributed by atoms with Crippen LogP contribution in [0.15, 0.2) is 36.4 Å². The maximum absolute atomic E-state index is 12.2. The second-order valence-corrected chi connectivity index (χ2v) is 6.32. The fraction of sp³-hybridized carbons (Fsp3) is 0.412. The highest BCUT2D eigenvalue weighted by atomic mass is 35.5. The quantitative estimate of drug-likeness (QED) is 0.253. The van der Waals surface area contributed by atoms with Crippen molar-refractivity contribution in [1.29, 1.82) is 0 Å². The van der Waals surface area contributed by atoms with Crippen LogP contribution in [0.5, 0.6) is 0 Å². The van der Waals surface area contributed by atoms with Crippen LogP contribution in [0, 0.1) is 10.1 Å². The Balaban J connectivity index is 2.06. The summed E-state index contributed by atoms with van der Waals surface area (Å²) in [5.74, 6) is -0.894. The molecular weight excluding hydrogens is 364 g/mol. The van der Waals surface area contributed by atoms with Crippen molar-refractivity contribution in [2.75, 3.05) is 19.5 Å². The SMILES string of the molecule is C=C(CCl)C[C@]1(C(=O)OC)C[C@H](OC(=O)c2ccc([N+](=O)[O-])cc2)CN1. The Kier molecular flexibility index (Phi) is 6.33. The molecule has 2 atom stereocenters. The number of alkyl halides is 1. The number of nitro groups is 1. The summed E-state index contributed by atoms with van der Waals surface area (Å²) < 4.78 is 10.3. The van der Waals surface area contributed by atoms with Gasteiger partial charge in [-0.25, -0.2) is 4.79 Å². The number of halogens is 1. The number of hydrogen-bond donors (Lipinski definition) is 1. The second-order valence-electron chi connectivity index (χ2n) is 6.05. The molecule has 0 saturated carbocycles. The molecule has 1 aromatic carbocycles. The van der Waals surface area contributed by atoms with Gasteiger partial charge in [0.25, 0.3) is 5.69 Å². The minimum Gasteiger partial charge on any atom is -0.468 e. The molecular formula is C17H19ClN2O6. The van der Waals surface area contributed by atoms with E-state index in [1.54, 1.807) is 0 Å². The van der Waals surface area contributed by atoms with Crippen molar-refractivity contribution in [3.05, 3.63) is 52.1 Å². The summed E-state index contributed by atoms with van der Waals surface area (Å²) in [6, 6.07) is 5.11. The zero-order valence-electron chi connectivity index (χ0n) is 14.2. The van der Waals surface area contributed by atoms with Gasteiger partial charge in [-0.15, -0.1) is 11.6 Å². The summed E-state index contributed by atoms with van der Waals surface area (Å²) in [7, 11) is 1.28. The van der Waals surface area contributed by atoms with Gasteiger partial charge >= 0.3 is 11.9 Å². The third-order valence-corrected chi connectivity index (χ3v) is 4.53. The highest BCUT2D eigenvalue weighted by Gasteiger charge is 2.47. The molecule has 1 heterocycles. The Morgan fingerprint density at radius 2 is 2.08 bits per heavy atom. The lowest BCUT2D eigenvalue weighted by atomic mass is 9.89.